The fraction of sp³-hybridized carbons (Fsp3) is 0.250. The summed E-state index contributed by atoms with van der Waals surface area (Å²) < 4.78 is 39.8. The number of rotatable bonds is 8. The Balaban J connectivity index is 1.94. The largest absolute Gasteiger partial charge is 0.493 e. The molecular formula is C16H16F2N2O4S. The lowest BCUT2D eigenvalue weighted by Crippen LogP contribution is -2.17. The predicted octanol–water partition coefficient (Wildman–Crippen LogP) is 3.52. The Bertz CT molecular complexity index is 749. The molecule has 0 atom stereocenters. The van der Waals surface area contributed by atoms with E-state index in [1.165, 1.54) is 26.5 Å². The molecule has 1 aromatic carbocycles. The summed E-state index contributed by atoms with van der Waals surface area (Å²) in [7, 11) is 2.97. The number of thioether (sulfide) groups is 1. The average Bonchev–Trinajstić information content (AvgIpc) is 3.07. The maximum atomic E-state index is 12.1. The first-order valence-electron chi connectivity index (χ1n) is 7.07. The number of hydrogen-bond donors (Lipinski definition) is 1. The fourth-order valence-corrected chi connectivity index (χ4v) is 2.33. The smallest absolute Gasteiger partial charge is 0.284 e. The van der Waals surface area contributed by atoms with Crippen LogP contribution < -0.4 is 14.9 Å². The highest BCUT2D eigenvalue weighted by Crippen LogP contribution is 2.27. The van der Waals surface area contributed by atoms with Gasteiger partial charge in [0.1, 0.15) is 11.5 Å². The van der Waals surface area contributed by atoms with Gasteiger partial charge in [-0.15, -0.1) is 0 Å². The van der Waals surface area contributed by atoms with E-state index >= 15 is 0 Å². The van der Waals surface area contributed by atoms with Crippen molar-refractivity contribution in [2.75, 3.05) is 14.2 Å². The summed E-state index contributed by atoms with van der Waals surface area (Å²) in [5.41, 5.74) is 2.68. The van der Waals surface area contributed by atoms with Gasteiger partial charge in [0, 0.05) is 5.56 Å². The number of furan rings is 1. The minimum Gasteiger partial charge on any atom is -0.493 e. The van der Waals surface area contributed by atoms with E-state index < -0.39 is 11.7 Å². The number of hydrazone groups is 1. The molecular weight excluding hydrogens is 354 g/mol. The highest BCUT2D eigenvalue weighted by Gasteiger charge is 2.10. The Morgan fingerprint density at radius 3 is 2.72 bits per heavy atom. The normalized spacial score (nSPS) is 11.1. The number of benzene rings is 1. The second kappa shape index (κ2) is 9.07. The number of carbonyl (C=O) groups excluding carboxylic acids is 1. The number of nitrogens with zero attached hydrogens (tertiary/aromatic N) is 1. The monoisotopic (exact) mass is 370 g/mol. The maximum absolute atomic E-state index is 12.1. The van der Waals surface area contributed by atoms with Crippen LogP contribution in [-0.4, -0.2) is 32.1 Å². The molecule has 0 fully saturated rings. The highest BCUT2D eigenvalue weighted by molar-refractivity contribution is 7.98. The summed E-state index contributed by atoms with van der Waals surface area (Å²) in [6, 6.07) is 7.85. The van der Waals surface area contributed by atoms with Gasteiger partial charge >= 0.3 is 0 Å². The number of carbonyl (C=O) groups is 1. The van der Waals surface area contributed by atoms with Crippen LogP contribution in [0.3, 0.4) is 0 Å². The van der Waals surface area contributed by atoms with Crippen molar-refractivity contribution in [3.8, 4) is 11.5 Å². The molecule has 0 saturated carbocycles. The minimum absolute atomic E-state index is 0.0590. The van der Waals surface area contributed by atoms with E-state index in [-0.39, 0.29) is 5.75 Å². The molecule has 1 heterocycles. The summed E-state index contributed by atoms with van der Waals surface area (Å²) >= 11 is 0.467. The summed E-state index contributed by atoms with van der Waals surface area (Å²) in [6.07, 6.45) is 1.29. The molecule has 2 rings (SSSR count). The molecule has 6 nitrogen and oxygen atoms in total. The molecule has 0 spiro atoms. The van der Waals surface area contributed by atoms with Gasteiger partial charge in [-0.1, -0.05) is 11.8 Å². The van der Waals surface area contributed by atoms with Gasteiger partial charge in [-0.25, -0.2) is 5.43 Å². The first-order chi connectivity index (χ1) is 12.0. The van der Waals surface area contributed by atoms with Crippen LogP contribution in [0.1, 0.15) is 21.9 Å². The van der Waals surface area contributed by atoms with Gasteiger partial charge in [0.15, 0.2) is 11.5 Å². The van der Waals surface area contributed by atoms with Crippen LogP contribution in [0.15, 0.2) is 39.9 Å². The molecule has 1 aromatic heterocycles. The lowest BCUT2D eigenvalue weighted by atomic mass is 10.2. The van der Waals surface area contributed by atoms with Gasteiger partial charge in [-0.05, 0) is 30.3 Å². The number of ether oxygens (including phenoxy) is 2. The zero-order valence-electron chi connectivity index (χ0n) is 13.5. The van der Waals surface area contributed by atoms with Crippen molar-refractivity contribution in [3.05, 3.63) is 47.4 Å². The first-order valence-corrected chi connectivity index (χ1v) is 8.12. The molecule has 25 heavy (non-hydrogen) atoms. The molecule has 1 amide bonds. The van der Waals surface area contributed by atoms with Gasteiger partial charge in [-0.2, -0.15) is 13.9 Å². The van der Waals surface area contributed by atoms with Crippen molar-refractivity contribution in [2.45, 2.75) is 11.5 Å². The zero-order valence-corrected chi connectivity index (χ0v) is 14.3. The SMILES string of the molecule is COc1ccc(C(=O)N/N=C\c2ccc(CSC(F)F)o2)cc1OC. The van der Waals surface area contributed by atoms with E-state index in [0.717, 1.165) is 0 Å². The molecule has 0 aliphatic heterocycles. The van der Waals surface area contributed by atoms with Crippen LogP contribution in [0.25, 0.3) is 0 Å². The molecule has 0 unspecified atom stereocenters. The molecule has 1 N–H and O–H groups in total. The summed E-state index contributed by atoms with van der Waals surface area (Å²) in [5.74, 6) is -1.17. The van der Waals surface area contributed by atoms with Gasteiger partial charge in [-0.3, -0.25) is 4.79 Å². The van der Waals surface area contributed by atoms with Crippen LogP contribution >= 0.6 is 11.8 Å². The lowest BCUT2D eigenvalue weighted by Gasteiger charge is -2.08. The second-order valence-electron chi connectivity index (χ2n) is 4.64. The Morgan fingerprint density at radius 2 is 2.04 bits per heavy atom. The topological polar surface area (TPSA) is 73.1 Å². The standard InChI is InChI=1S/C16H16F2N2O4S/c1-22-13-6-3-10(7-14(13)23-2)15(21)20-19-8-11-4-5-12(24-11)9-25-16(17)18/h3-8,16H,9H2,1-2H3,(H,20,21)/b19-8-. The van der Waals surface area contributed by atoms with Crippen molar-refractivity contribution >= 4 is 23.9 Å². The van der Waals surface area contributed by atoms with Crippen molar-refractivity contribution in [1.82, 2.24) is 5.43 Å². The summed E-state index contributed by atoms with van der Waals surface area (Å²) in [5, 5.41) is 3.78. The third-order valence-electron chi connectivity index (χ3n) is 3.04. The zero-order chi connectivity index (χ0) is 18.2. The van der Waals surface area contributed by atoms with Crippen LogP contribution in [0, 0.1) is 0 Å². The molecule has 0 bridgehead atoms. The quantitative estimate of drug-likeness (QED) is 0.569. The Labute approximate surface area is 147 Å². The van der Waals surface area contributed by atoms with Gasteiger partial charge in [0.05, 0.1) is 26.2 Å². The molecule has 0 aliphatic carbocycles. The number of alkyl halides is 2. The molecule has 0 radical (unpaired) electrons. The maximum Gasteiger partial charge on any atom is 0.284 e. The van der Waals surface area contributed by atoms with Crippen LogP contribution in [-0.2, 0) is 5.75 Å². The Kier molecular flexibility index (Phi) is 6.81. The van der Waals surface area contributed by atoms with Crippen molar-refractivity contribution in [3.63, 3.8) is 0 Å². The van der Waals surface area contributed by atoms with Crippen molar-refractivity contribution in [2.24, 2.45) is 5.10 Å². The van der Waals surface area contributed by atoms with Crippen molar-refractivity contribution < 1.29 is 27.5 Å². The van der Waals surface area contributed by atoms with Gasteiger partial charge in [0.25, 0.3) is 11.7 Å². The van der Waals surface area contributed by atoms with Crippen molar-refractivity contribution in [1.29, 1.82) is 0 Å². The van der Waals surface area contributed by atoms with E-state index in [1.807, 2.05) is 0 Å². The molecule has 134 valence electrons. The van der Waals surface area contributed by atoms with Gasteiger partial charge < -0.3 is 13.9 Å². The predicted molar refractivity (Wildman–Crippen MR) is 90.6 cm³/mol. The third kappa shape index (κ3) is 5.49. The Morgan fingerprint density at radius 1 is 1.28 bits per heavy atom. The van der Waals surface area contributed by atoms with E-state index in [0.29, 0.717) is 40.3 Å². The first kappa shape index (κ1) is 18.8. The molecule has 2 aromatic rings. The highest BCUT2D eigenvalue weighted by atomic mass is 32.2. The lowest BCUT2D eigenvalue weighted by molar-refractivity contribution is 0.0954. The third-order valence-corrected chi connectivity index (χ3v) is 3.74. The van der Waals surface area contributed by atoms with Gasteiger partial charge in [0.2, 0.25) is 0 Å². The molecule has 0 saturated heterocycles. The molecule has 0 aliphatic rings. The number of nitrogens with one attached hydrogen (secondary N) is 1. The average molecular weight is 370 g/mol. The number of amides is 1. The minimum atomic E-state index is -2.46. The molecule has 9 heteroatoms. The van der Waals surface area contributed by atoms with E-state index in [1.54, 1.807) is 24.3 Å². The van der Waals surface area contributed by atoms with E-state index in [9.17, 15) is 13.6 Å². The Hall–Kier alpha value is -2.55. The number of methoxy groups -OCH3 is 2. The van der Waals surface area contributed by atoms with Crippen LogP contribution in [0.2, 0.25) is 0 Å². The summed E-state index contributed by atoms with van der Waals surface area (Å²) in [6.45, 7) is 0. The summed E-state index contributed by atoms with van der Waals surface area (Å²) in [4.78, 5) is 12.0. The van der Waals surface area contributed by atoms with E-state index in [4.69, 9.17) is 13.9 Å². The fourth-order valence-electron chi connectivity index (χ4n) is 1.88. The number of hydrogen-bond acceptors (Lipinski definition) is 6. The second-order valence-corrected chi connectivity index (χ2v) is 5.62. The number of halogens is 2. The van der Waals surface area contributed by atoms with Crippen LogP contribution in [0.4, 0.5) is 8.78 Å². The van der Waals surface area contributed by atoms with Crippen LogP contribution in [0.5, 0.6) is 11.5 Å². The van der Waals surface area contributed by atoms with E-state index in [2.05, 4.69) is 10.5 Å².